The number of pyridine rings is 1. The molecular weight excluding hydrogens is 358 g/mol. The van der Waals surface area contributed by atoms with E-state index in [0.29, 0.717) is 6.42 Å². The first kappa shape index (κ1) is 18.0. The fourth-order valence-corrected chi connectivity index (χ4v) is 4.62. The quantitative estimate of drug-likeness (QED) is 0.827. The van der Waals surface area contributed by atoms with Crippen molar-refractivity contribution in [2.24, 2.45) is 5.41 Å². The molecule has 1 aromatic heterocycles. The van der Waals surface area contributed by atoms with Gasteiger partial charge in [0.25, 0.3) is 5.91 Å². The Labute approximate surface area is 163 Å². The van der Waals surface area contributed by atoms with E-state index in [1.807, 2.05) is 47.4 Å². The van der Waals surface area contributed by atoms with Gasteiger partial charge in [-0.25, -0.2) is 4.98 Å². The Bertz CT molecular complexity index is 815. The lowest BCUT2D eigenvalue weighted by Gasteiger charge is -2.38. The molecule has 0 atom stereocenters. The standard InChI is InChI=1S/C21H23N3O2S/c25-18-13-21(15-23-18)8-11-24(12-9-21)20(26)17-6-4-16(5-7-17)14-27-19-3-1-2-10-22-19/h1-7,10H,8-9,11-15H2,(H,23,25). The van der Waals surface area contributed by atoms with Crippen molar-refractivity contribution in [1.82, 2.24) is 15.2 Å². The minimum Gasteiger partial charge on any atom is -0.356 e. The van der Waals surface area contributed by atoms with E-state index in [0.717, 1.165) is 48.8 Å². The van der Waals surface area contributed by atoms with Crippen molar-refractivity contribution >= 4 is 23.6 Å². The van der Waals surface area contributed by atoms with E-state index in [1.165, 1.54) is 5.56 Å². The van der Waals surface area contributed by atoms with Crippen molar-refractivity contribution in [1.29, 1.82) is 0 Å². The summed E-state index contributed by atoms with van der Waals surface area (Å²) in [4.78, 5) is 30.6. The van der Waals surface area contributed by atoms with Gasteiger partial charge in [0.2, 0.25) is 5.91 Å². The molecule has 1 N–H and O–H groups in total. The lowest BCUT2D eigenvalue weighted by molar-refractivity contribution is -0.119. The van der Waals surface area contributed by atoms with Gasteiger partial charge < -0.3 is 10.2 Å². The molecule has 4 rings (SSSR count). The predicted molar refractivity (Wildman–Crippen MR) is 105 cm³/mol. The van der Waals surface area contributed by atoms with Gasteiger partial charge in [0, 0.05) is 43.6 Å². The van der Waals surface area contributed by atoms with Gasteiger partial charge in [-0.2, -0.15) is 0 Å². The fourth-order valence-electron chi connectivity index (χ4n) is 3.81. The van der Waals surface area contributed by atoms with E-state index < -0.39 is 0 Å². The molecule has 1 aromatic carbocycles. The number of benzene rings is 1. The van der Waals surface area contributed by atoms with Crippen molar-refractivity contribution in [3.63, 3.8) is 0 Å². The molecule has 1 spiro atoms. The van der Waals surface area contributed by atoms with Gasteiger partial charge in [-0.05, 0) is 48.1 Å². The van der Waals surface area contributed by atoms with Crippen LogP contribution in [0.3, 0.4) is 0 Å². The number of amides is 2. The molecule has 2 aliphatic rings. The molecule has 2 fully saturated rings. The summed E-state index contributed by atoms with van der Waals surface area (Å²) in [7, 11) is 0. The third-order valence-corrected chi connectivity index (χ3v) is 6.55. The van der Waals surface area contributed by atoms with Gasteiger partial charge in [-0.1, -0.05) is 18.2 Å². The highest BCUT2D eigenvalue weighted by Crippen LogP contribution is 2.37. The van der Waals surface area contributed by atoms with Crippen LogP contribution >= 0.6 is 11.8 Å². The summed E-state index contributed by atoms with van der Waals surface area (Å²) in [6.07, 6.45) is 4.20. The van der Waals surface area contributed by atoms with Crippen LogP contribution in [0.15, 0.2) is 53.7 Å². The summed E-state index contributed by atoms with van der Waals surface area (Å²) in [5, 5.41) is 3.94. The number of nitrogens with zero attached hydrogens (tertiary/aromatic N) is 2. The molecule has 0 saturated carbocycles. The van der Waals surface area contributed by atoms with Crippen LogP contribution in [0.5, 0.6) is 0 Å². The molecule has 140 valence electrons. The normalized spacial score (nSPS) is 18.5. The van der Waals surface area contributed by atoms with E-state index in [1.54, 1.807) is 18.0 Å². The van der Waals surface area contributed by atoms with Crippen LogP contribution in [-0.4, -0.2) is 41.3 Å². The predicted octanol–water partition coefficient (Wildman–Crippen LogP) is 3.12. The second-order valence-electron chi connectivity index (χ2n) is 7.40. The van der Waals surface area contributed by atoms with Crippen LogP contribution < -0.4 is 5.32 Å². The monoisotopic (exact) mass is 381 g/mol. The molecule has 0 aliphatic carbocycles. The van der Waals surface area contributed by atoms with Crippen molar-refractivity contribution in [3.05, 3.63) is 59.8 Å². The largest absolute Gasteiger partial charge is 0.356 e. The topological polar surface area (TPSA) is 62.3 Å². The van der Waals surface area contributed by atoms with Gasteiger partial charge >= 0.3 is 0 Å². The highest BCUT2D eigenvalue weighted by Gasteiger charge is 2.41. The van der Waals surface area contributed by atoms with Crippen LogP contribution in [0.25, 0.3) is 0 Å². The summed E-state index contributed by atoms with van der Waals surface area (Å²) < 4.78 is 0. The molecule has 2 aliphatic heterocycles. The number of nitrogens with one attached hydrogen (secondary N) is 1. The first-order valence-electron chi connectivity index (χ1n) is 9.32. The smallest absolute Gasteiger partial charge is 0.253 e. The number of hydrogen-bond acceptors (Lipinski definition) is 4. The zero-order valence-corrected chi connectivity index (χ0v) is 16.0. The summed E-state index contributed by atoms with van der Waals surface area (Å²) in [5.74, 6) is 1.07. The zero-order chi connectivity index (χ0) is 18.7. The van der Waals surface area contributed by atoms with Gasteiger partial charge in [-0.15, -0.1) is 11.8 Å². The number of thioether (sulfide) groups is 1. The van der Waals surface area contributed by atoms with Crippen molar-refractivity contribution in [2.45, 2.75) is 30.0 Å². The molecule has 5 nitrogen and oxygen atoms in total. The van der Waals surface area contributed by atoms with Crippen LogP contribution in [0.2, 0.25) is 0 Å². The van der Waals surface area contributed by atoms with Gasteiger partial charge in [0.15, 0.2) is 0 Å². The van der Waals surface area contributed by atoms with Crippen LogP contribution in [0.4, 0.5) is 0 Å². The summed E-state index contributed by atoms with van der Waals surface area (Å²) in [6.45, 7) is 2.21. The lowest BCUT2D eigenvalue weighted by atomic mass is 9.77. The van der Waals surface area contributed by atoms with Crippen molar-refractivity contribution in [3.8, 4) is 0 Å². The van der Waals surface area contributed by atoms with E-state index in [2.05, 4.69) is 10.3 Å². The van der Waals surface area contributed by atoms with Gasteiger partial charge in [0.05, 0.1) is 5.03 Å². The maximum absolute atomic E-state index is 12.8. The molecule has 2 amide bonds. The fraction of sp³-hybridized carbons (Fsp3) is 0.381. The number of piperidine rings is 1. The van der Waals surface area contributed by atoms with E-state index >= 15 is 0 Å². The number of carbonyl (C=O) groups is 2. The number of rotatable bonds is 4. The first-order chi connectivity index (χ1) is 13.1. The van der Waals surface area contributed by atoms with Crippen molar-refractivity contribution < 1.29 is 9.59 Å². The van der Waals surface area contributed by atoms with Crippen molar-refractivity contribution in [2.75, 3.05) is 19.6 Å². The molecule has 27 heavy (non-hydrogen) atoms. The Hall–Kier alpha value is -2.34. The molecule has 3 heterocycles. The SMILES string of the molecule is O=C1CC2(CCN(C(=O)c3ccc(CSc4ccccn4)cc3)CC2)CN1. The second-order valence-corrected chi connectivity index (χ2v) is 8.39. The minimum atomic E-state index is 0.0699. The van der Waals surface area contributed by atoms with Gasteiger partial charge in [-0.3, -0.25) is 9.59 Å². The highest BCUT2D eigenvalue weighted by molar-refractivity contribution is 7.98. The zero-order valence-electron chi connectivity index (χ0n) is 15.2. The van der Waals surface area contributed by atoms with Gasteiger partial charge in [0.1, 0.15) is 0 Å². The van der Waals surface area contributed by atoms with E-state index in [4.69, 9.17) is 0 Å². The number of hydrogen-bond donors (Lipinski definition) is 1. The Morgan fingerprint density at radius 3 is 2.56 bits per heavy atom. The summed E-state index contributed by atoms with van der Waals surface area (Å²) in [6, 6.07) is 13.8. The maximum atomic E-state index is 12.8. The Morgan fingerprint density at radius 1 is 1.15 bits per heavy atom. The average molecular weight is 382 g/mol. The van der Waals surface area contributed by atoms with Crippen LogP contribution in [0.1, 0.15) is 35.2 Å². The molecule has 2 saturated heterocycles. The average Bonchev–Trinajstić information content (AvgIpc) is 3.08. The molecular formula is C21H23N3O2S. The molecule has 0 bridgehead atoms. The molecule has 0 unspecified atom stereocenters. The number of likely N-dealkylation sites (tertiary alicyclic amines) is 1. The third kappa shape index (κ3) is 4.16. The number of carbonyl (C=O) groups excluding carboxylic acids is 2. The summed E-state index contributed by atoms with van der Waals surface area (Å²) in [5.41, 5.74) is 1.98. The van der Waals surface area contributed by atoms with E-state index in [9.17, 15) is 9.59 Å². The summed E-state index contributed by atoms with van der Waals surface area (Å²) >= 11 is 1.69. The maximum Gasteiger partial charge on any atom is 0.253 e. The van der Waals surface area contributed by atoms with E-state index in [-0.39, 0.29) is 17.2 Å². The lowest BCUT2D eigenvalue weighted by Crippen LogP contribution is -2.44. The molecule has 6 heteroatoms. The minimum absolute atomic E-state index is 0.0699. The van der Waals surface area contributed by atoms with Crippen LogP contribution in [-0.2, 0) is 10.5 Å². The Kier molecular flexibility index (Phi) is 5.16. The molecule has 2 aromatic rings. The highest BCUT2D eigenvalue weighted by atomic mass is 32.2. The molecule has 0 radical (unpaired) electrons. The Balaban J connectivity index is 1.32. The Morgan fingerprint density at radius 2 is 1.93 bits per heavy atom. The first-order valence-corrected chi connectivity index (χ1v) is 10.3. The third-order valence-electron chi connectivity index (χ3n) is 5.53. The second kappa shape index (κ2) is 7.72. The van der Waals surface area contributed by atoms with Crippen LogP contribution in [0, 0.1) is 5.41 Å². The number of aromatic nitrogens is 1.